The number of nitrogens with one attached hydrogen (secondary N) is 2. The number of carboxylic acid groups (broad SMARTS) is 1. The number of carboxylic acids is 1. The van der Waals surface area contributed by atoms with E-state index in [1.54, 1.807) is 17.0 Å². The van der Waals surface area contributed by atoms with Crippen molar-refractivity contribution in [1.82, 2.24) is 10.0 Å². The molecule has 2 amide bonds. The zero-order chi connectivity index (χ0) is 37.3. The molecule has 3 atom stereocenters. The summed E-state index contributed by atoms with van der Waals surface area (Å²) in [7, 11) is -3.49. The van der Waals surface area contributed by atoms with E-state index in [0.717, 1.165) is 24.1 Å². The molecule has 1 aliphatic heterocycles. The number of amides is 2. The maximum absolute atomic E-state index is 13.1. The van der Waals surface area contributed by atoms with Gasteiger partial charge in [-0.05, 0) is 78.2 Å². The molecule has 3 aromatic carbocycles. The molecule has 1 fully saturated rings. The quantitative estimate of drug-likeness (QED) is 0.127. The van der Waals surface area contributed by atoms with Gasteiger partial charge in [-0.1, -0.05) is 19.1 Å². The molecule has 18 heteroatoms. The van der Waals surface area contributed by atoms with Gasteiger partial charge in [-0.25, -0.2) is 8.42 Å². The Hall–Kier alpha value is -4.42. The van der Waals surface area contributed by atoms with Gasteiger partial charge in [0, 0.05) is 24.1 Å². The van der Waals surface area contributed by atoms with E-state index in [1.165, 1.54) is 55.5 Å². The average Bonchev–Trinajstić information content (AvgIpc) is 3.50. The third-order valence-electron chi connectivity index (χ3n) is 7.83. The largest absolute Gasteiger partial charge is 0.489 e. The summed E-state index contributed by atoms with van der Waals surface area (Å²) in [6.45, 7) is -2.32. The third-order valence-corrected chi connectivity index (χ3v) is 10.6. The SMILES string of the molecule is CCS(=O)(=O)c1ccc([C@H](CC(=O)NCC(=O)O)SNC(=O)c2ccc(N3CC(Oc4ccc(C(F)(F)F)cc4)C[C@H]3COC(F)F)cc2)cc1. The van der Waals surface area contributed by atoms with Crippen molar-refractivity contribution in [2.24, 2.45) is 0 Å². The number of carbonyl (C=O) groups is 3. The number of benzene rings is 3. The molecule has 276 valence electrons. The van der Waals surface area contributed by atoms with Crippen LogP contribution in [0.3, 0.4) is 0 Å². The van der Waals surface area contributed by atoms with Crippen molar-refractivity contribution in [2.45, 2.75) is 54.8 Å². The molecule has 4 rings (SSSR count). The first-order valence-corrected chi connectivity index (χ1v) is 18.0. The van der Waals surface area contributed by atoms with E-state index in [2.05, 4.69) is 14.8 Å². The van der Waals surface area contributed by atoms with Gasteiger partial charge in [-0.2, -0.15) is 22.0 Å². The molecule has 3 N–H and O–H groups in total. The second kappa shape index (κ2) is 17.2. The summed E-state index contributed by atoms with van der Waals surface area (Å²) < 4.78 is 102. The molecule has 1 unspecified atom stereocenters. The minimum atomic E-state index is -4.52. The van der Waals surface area contributed by atoms with Gasteiger partial charge in [0.15, 0.2) is 9.84 Å². The van der Waals surface area contributed by atoms with E-state index >= 15 is 0 Å². The zero-order valence-corrected chi connectivity index (χ0v) is 28.6. The van der Waals surface area contributed by atoms with Gasteiger partial charge in [-0.15, -0.1) is 0 Å². The second-order valence-electron chi connectivity index (χ2n) is 11.3. The predicted octanol–water partition coefficient (Wildman–Crippen LogP) is 5.47. The van der Waals surface area contributed by atoms with Gasteiger partial charge in [0.05, 0.1) is 40.7 Å². The summed E-state index contributed by atoms with van der Waals surface area (Å²) in [5.74, 6) is -2.36. The Balaban J connectivity index is 1.44. The fourth-order valence-corrected chi connectivity index (χ4v) is 7.00. The average molecular weight is 760 g/mol. The van der Waals surface area contributed by atoms with Crippen LogP contribution in [0.25, 0.3) is 0 Å². The van der Waals surface area contributed by atoms with Crippen LogP contribution in [0, 0.1) is 0 Å². The molecule has 3 aromatic rings. The van der Waals surface area contributed by atoms with Crippen molar-refractivity contribution in [3.8, 4) is 5.75 Å². The maximum Gasteiger partial charge on any atom is 0.416 e. The van der Waals surface area contributed by atoms with E-state index in [-0.39, 0.29) is 48.0 Å². The number of carbonyl (C=O) groups excluding carboxylic acids is 2. The van der Waals surface area contributed by atoms with Crippen LogP contribution in [-0.2, 0) is 30.3 Å². The Bertz CT molecular complexity index is 1760. The highest BCUT2D eigenvalue weighted by Crippen LogP contribution is 2.34. The molecule has 0 spiro atoms. The molecule has 0 radical (unpaired) electrons. The molecule has 11 nitrogen and oxygen atoms in total. The maximum atomic E-state index is 13.1. The number of rotatable bonds is 16. The van der Waals surface area contributed by atoms with Crippen LogP contribution >= 0.6 is 11.9 Å². The lowest BCUT2D eigenvalue weighted by Gasteiger charge is -2.26. The predicted molar refractivity (Wildman–Crippen MR) is 177 cm³/mol. The number of alkyl halides is 5. The molecule has 51 heavy (non-hydrogen) atoms. The fraction of sp³-hybridized carbons (Fsp3) is 0.364. The minimum absolute atomic E-state index is 0.0791. The Morgan fingerprint density at radius 2 is 1.65 bits per heavy atom. The Morgan fingerprint density at radius 3 is 2.22 bits per heavy atom. The van der Waals surface area contributed by atoms with Gasteiger partial charge >= 0.3 is 18.8 Å². The standard InChI is InChI=1S/C33H34F5N3O8S2/c1-2-51(46,47)27-13-5-20(6-14-27)28(16-29(42)39-17-30(43)44)50-40-31(45)21-3-9-23(10-4-21)41-18-26(15-24(41)19-48-32(34)35)49-25-11-7-22(8-12-25)33(36,37)38/h3-14,24,26,28,32H,2,15-19H2,1H3,(H,39,42)(H,40,45)(H,43,44)/t24-,26?,28-/m0/s1. The summed E-state index contributed by atoms with van der Waals surface area (Å²) in [4.78, 5) is 38.3. The lowest BCUT2D eigenvalue weighted by Crippen LogP contribution is -2.34. The van der Waals surface area contributed by atoms with Crippen LogP contribution in [0.2, 0.25) is 0 Å². The summed E-state index contributed by atoms with van der Waals surface area (Å²) in [5.41, 5.74) is 0.386. The van der Waals surface area contributed by atoms with E-state index < -0.39 is 69.9 Å². The molecule has 1 aliphatic rings. The minimum Gasteiger partial charge on any atom is -0.489 e. The van der Waals surface area contributed by atoms with Crippen molar-refractivity contribution in [3.63, 3.8) is 0 Å². The number of sulfone groups is 1. The van der Waals surface area contributed by atoms with Crippen molar-refractivity contribution in [1.29, 1.82) is 0 Å². The van der Waals surface area contributed by atoms with Crippen LogP contribution in [-0.4, -0.2) is 75.5 Å². The highest BCUT2D eigenvalue weighted by Gasteiger charge is 2.35. The monoisotopic (exact) mass is 759 g/mol. The number of nitrogens with zero attached hydrogens (tertiary/aromatic N) is 1. The van der Waals surface area contributed by atoms with Crippen molar-refractivity contribution in [3.05, 3.63) is 89.5 Å². The van der Waals surface area contributed by atoms with Crippen molar-refractivity contribution >= 4 is 45.3 Å². The van der Waals surface area contributed by atoms with Crippen LogP contribution < -0.4 is 19.7 Å². The summed E-state index contributed by atoms with van der Waals surface area (Å²) in [5, 5.41) is 10.4. The normalized spacial score (nSPS) is 16.9. The van der Waals surface area contributed by atoms with E-state index in [0.29, 0.717) is 11.3 Å². The first-order chi connectivity index (χ1) is 24.0. The van der Waals surface area contributed by atoms with Gasteiger partial charge in [0.1, 0.15) is 18.4 Å². The number of hydrogen-bond donors (Lipinski definition) is 3. The zero-order valence-electron chi connectivity index (χ0n) is 26.9. The molecule has 0 bridgehead atoms. The van der Waals surface area contributed by atoms with Crippen LogP contribution in [0.4, 0.5) is 27.6 Å². The summed E-state index contributed by atoms with van der Waals surface area (Å²) >= 11 is 0.868. The number of aliphatic carboxylic acids is 1. The molecule has 1 saturated heterocycles. The van der Waals surface area contributed by atoms with Crippen molar-refractivity contribution < 1.29 is 59.3 Å². The number of hydrogen-bond acceptors (Lipinski definition) is 9. The Morgan fingerprint density at radius 1 is 1.00 bits per heavy atom. The first-order valence-electron chi connectivity index (χ1n) is 15.4. The van der Waals surface area contributed by atoms with Gasteiger partial charge in [0.25, 0.3) is 5.91 Å². The molecule has 0 aliphatic carbocycles. The fourth-order valence-electron chi connectivity index (χ4n) is 5.22. The van der Waals surface area contributed by atoms with Crippen LogP contribution in [0.1, 0.15) is 46.5 Å². The highest BCUT2D eigenvalue weighted by atomic mass is 32.2. The van der Waals surface area contributed by atoms with Crippen LogP contribution in [0.5, 0.6) is 5.75 Å². The van der Waals surface area contributed by atoms with Gasteiger partial charge < -0.3 is 24.8 Å². The molecule has 1 heterocycles. The lowest BCUT2D eigenvalue weighted by molar-refractivity contribution is -0.138. The topological polar surface area (TPSA) is 151 Å². The lowest BCUT2D eigenvalue weighted by atomic mass is 10.1. The third kappa shape index (κ3) is 11.3. The molecule has 0 aromatic heterocycles. The van der Waals surface area contributed by atoms with Crippen molar-refractivity contribution in [2.75, 3.05) is 30.3 Å². The smallest absolute Gasteiger partial charge is 0.416 e. The molecule has 0 saturated carbocycles. The summed E-state index contributed by atoms with van der Waals surface area (Å²) in [6.07, 6.45) is -5.12. The van der Waals surface area contributed by atoms with E-state index in [1.807, 2.05) is 0 Å². The van der Waals surface area contributed by atoms with Crippen LogP contribution in [0.15, 0.2) is 77.7 Å². The number of halogens is 5. The molecular formula is C33H34F5N3O8S2. The van der Waals surface area contributed by atoms with E-state index in [4.69, 9.17) is 9.84 Å². The Kier molecular flexibility index (Phi) is 13.3. The number of ether oxygens (including phenoxy) is 2. The first kappa shape index (κ1) is 39.4. The number of anilines is 1. The van der Waals surface area contributed by atoms with Gasteiger partial charge in [0.2, 0.25) is 5.91 Å². The highest BCUT2D eigenvalue weighted by molar-refractivity contribution is 7.98. The van der Waals surface area contributed by atoms with E-state index in [9.17, 15) is 44.8 Å². The van der Waals surface area contributed by atoms with Gasteiger partial charge in [-0.3, -0.25) is 19.1 Å². The molecular weight excluding hydrogens is 726 g/mol. The Labute approximate surface area is 294 Å². The summed E-state index contributed by atoms with van der Waals surface area (Å²) in [6, 6.07) is 15.5. The second-order valence-corrected chi connectivity index (χ2v) is 14.6.